The van der Waals surface area contributed by atoms with E-state index in [-0.39, 0.29) is 0 Å². The zero-order chi connectivity index (χ0) is 16.5. The van der Waals surface area contributed by atoms with E-state index in [0.717, 1.165) is 36.1 Å². The van der Waals surface area contributed by atoms with Crippen molar-refractivity contribution in [3.63, 3.8) is 0 Å². The minimum atomic E-state index is 0.444. The molecule has 1 fully saturated rings. The normalized spacial score (nSPS) is 18.6. The lowest BCUT2D eigenvalue weighted by molar-refractivity contribution is 0.500. The van der Waals surface area contributed by atoms with Gasteiger partial charge in [-0.05, 0) is 30.9 Å². The third-order valence-corrected chi connectivity index (χ3v) is 5.47. The number of piperidine rings is 1. The number of pyridine rings is 1. The quantitative estimate of drug-likeness (QED) is 0.729. The van der Waals surface area contributed by atoms with Gasteiger partial charge in [0, 0.05) is 31.6 Å². The number of hydrogen-bond donors (Lipinski definition) is 0. The van der Waals surface area contributed by atoms with Crippen LogP contribution in [0.5, 0.6) is 0 Å². The molecule has 1 aliphatic heterocycles. The lowest BCUT2D eigenvalue weighted by atomic mass is 9.99. The highest BCUT2D eigenvalue weighted by atomic mass is 32.1. The van der Waals surface area contributed by atoms with E-state index in [1.165, 1.54) is 17.8 Å². The molecular weight excluding hydrogens is 320 g/mol. The monoisotopic (exact) mass is 342 g/mol. The standard InChI is InChI=1S/C17H22N6S/c1-12(2)10-15-19-20-17-23(15)21-16(24-17)13-6-5-9-22(11-13)14-7-3-4-8-18-14/h3-4,7-8,12-13H,5-6,9-11H2,1-2H3/t13-/m0/s1. The fraction of sp³-hybridized carbons (Fsp3) is 0.529. The Morgan fingerprint density at radius 3 is 3.00 bits per heavy atom. The van der Waals surface area contributed by atoms with E-state index < -0.39 is 0 Å². The predicted molar refractivity (Wildman–Crippen MR) is 95.6 cm³/mol. The van der Waals surface area contributed by atoms with Gasteiger partial charge in [-0.2, -0.15) is 9.61 Å². The lowest BCUT2D eigenvalue weighted by Crippen LogP contribution is -2.34. The summed E-state index contributed by atoms with van der Waals surface area (Å²) in [4.78, 5) is 7.77. The van der Waals surface area contributed by atoms with Crippen LogP contribution in [-0.2, 0) is 6.42 Å². The third-order valence-electron chi connectivity index (χ3n) is 4.41. The average Bonchev–Trinajstić information content (AvgIpc) is 3.18. The highest BCUT2D eigenvalue weighted by Gasteiger charge is 2.26. The first-order chi connectivity index (χ1) is 11.7. The van der Waals surface area contributed by atoms with Gasteiger partial charge in [-0.15, -0.1) is 10.2 Å². The van der Waals surface area contributed by atoms with Crippen molar-refractivity contribution in [2.24, 2.45) is 5.92 Å². The van der Waals surface area contributed by atoms with Crippen LogP contribution in [0.1, 0.15) is 43.4 Å². The van der Waals surface area contributed by atoms with Crippen LogP contribution in [0.15, 0.2) is 24.4 Å². The van der Waals surface area contributed by atoms with Crippen LogP contribution in [0.2, 0.25) is 0 Å². The van der Waals surface area contributed by atoms with Gasteiger partial charge in [-0.1, -0.05) is 31.3 Å². The van der Waals surface area contributed by atoms with Gasteiger partial charge in [-0.25, -0.2) is 4.98 Å². The number of nitrogens with zero attached hydrogens (tertiary/aromatic N) is 6. The summed E-state index contributed by atoms with van der Waals surface area (Å²) >= 11 is 1.68. The van der Waals surface area contributed by atoms with Crippen LogP contribution in [-0.4, -0.2) is 37.9 Å². The molecule has 1 atom stereocenters. The number of aromatic nitrogens is 5. The first kappa shape index (κ1) is 15.5. The molecule has 3 aromatic rings. The van der Waals surface area contributed by atoms with Gasteiger partial charge in [0.25, 0.3) is 0 Å². The second-order valence-corrected chi connectivity index (χ2v) is 7.81. The summed E-state index contributed by atoms with van der Waals surface area (Å²) in [6.45, 7) is 6.43. The predicted octanol–water partition coefficient (Wildman–Crippen LogP) is 3.16. The zero-order valence-electron chi connectivity index (χ0n) is 14.1. The topological polar surface area (TPSA) is 59.2 Å². The molecule has 0 unspecified atom stereocenters. The number of hydrogen-bond acceptors (Lipinski definition) is 6. The van der Waals surface area contributed by atoms with Crippen molar-refractivity contribution in [3.8, 4) is 0 Å². The van der Waals surface area contributed by atoms with E-state index in [9.17, 15) is 0 Å². The third kappa shape index (κ3) is 3.00. The molecule has 24 heavy (non-hydrogen) atoms. The Balaban J connectivity index is 1.57. The van der Waals surface area contributed by atoms with E-state index in [4.69, 9.17) is 5.10 Å². The van der Waals surface area contributed by atoms with Gasteiger partial charge in [0.1, 0.15) is 10.8 Å². The molecule has 3 aromatic heterocycles. The van der Waals surface area contributed by atoms with Crippen LogP contribution in [0, 0.1) is 5.92 Å². The van der Waals surface area contributed by atoms with Gasteiger partial charge in [0.05, 0.1) is 0 Å². The molecule has 0 spiro atoms. The molecule has 0 amide bonds. The molecule has 1 saturated heterocycles. The maximum Gasteiger partial charge on any atom is 0.234 e. The SMILES string of the molecule is CC(C)Cc1nnc2sc([C@H]3CCCN(c4ccccn4)C3)nn12. The second-order valence-electron chi connectivity index (χ2n) is 6.82. The van der Waals surface area contributed by atoms with Crippen LogP contribution in [0.25, 0.3) is 4.96 Å². The largest absolute Gasteiger partial charge is 0.356 e. The van der Waals surface area contributed by atoms with Crippen molar-refractivity contribution in [2.75, 3.05) is 18.0 Å². The first-order valence-corrected chi connectivity index (χ1v) is 9.39. The van der Waals surface area contributed by atoms with Crippen molar-refractivity contribution in [1.82, 2.24) is 24.8 Å². The van der Waals surface area contributed by atoms with Crippen LogP contribution >= 0.6 is 11.3 Å². The fourth-order valence-electron chi connectivity index (χ4n) is 3.26. The average molecular weight is 342 g/mol. The minimum Gasteiger partial charge on any atom is -0.356 e. The second kappa shape index (κ2) is 6.47. The molecule has 4 rings (SSSR count). The van der Waals surface area contributed by atoms with E-state index >= 15 is 0 Å². The number of fused-ring (bicyclic) bond motifs is 1. The number of anilines is 1. The Kier molecular flexibility index (Phi) is 4.18. The molecule has 0 bridgehead atoms. The van der Waals surface area contributed by atoms with Crippen LogP contribution in [0.4, 0.5) is 5.82 Å². The lowest BCUT2D eigenvalue weighted by Gasteiger charge is -2.32. The summed E-state index contributed by atoms with van der Waals surface area (Å²) in [6, 6.07) is 6.10. The summed E-state index contributed by atoms with van der Waals surface area (Å²) < 4.78 is 1.94. The van der Waals surface area contributed by atoms with Crippen molar-refractivity contribution in [3.05, 3.63) is 35.2 Å². The molecule has 1 aliphatic rings. The Labute approximate surface area is 145 Å². The summed E-state index contributed by atoms with van der Waals surface area (Å²) in [5, 5.41) is 14.6. The Morgan fingerprint density at radius 1 is 1.29 bits per heavy atom. The Hall–Kier alpha value is -2.02. The maximum absolute atomic E-state index is 4.84. The van der Waals surface area contributed by atoms with E-state index in [2.05, 4.69) is 40.0 Å². The summed E-state index contributed by atoms with van der Waals surface area (Å²) in [7, 11) is 0. The molecule has 0 saturated carbocycles. The minimum absolute atomic E-state index is 0.444. The molecular formula is C17H22N6S. The molecule has 0 aromatic carbocycles. The van der Waals surface area contributed by atoms with Crippen LogP contribution in [0.3, 0.4) is 0 Å². The van der Waals surface area contributed by atoms with Gasteiger partial charge < -0.3 is 4.90 Å². The molecule has 6 nitrogen and oxygen atoms in total. The van der Waals surface area contributed by atoms with Crippen molar-refractivity contribution < 1.29 is 0 Å². The van der Waals surface area contributed by atoms with Crippen molar-refractivity contribution in [1.29, 1.82) is 0 Å². The maximum atomic E-state index is 4.84. The van der Waals surface area contributed by atoms with Crippen LogP contribution < -0.4 is 4.90 Å². The Bertz CT molecular complexity index is 809. The summed E-state index contributed by atoms with van der Waals surface area (Å²) in [5.74, 6) is 3.03. The zero-order valence-corrected chi connectivity index (χ0v) is 14.9. The van der Waals surface area contributed by atoms with Gasteiger partial charge >= 0.3 is 0 Å². The number of rotatable bonds is 4. The molecule has 0 N–H and O–H groups in total. The molecule has 7 heteroatoms. The molecule has 4 heterocycles. The van der Waals surface area contributed by atoms with Gasteiger partial charge in [0.2, 0.25) is 4.96 Å². The smallest absolute Gasteiger partial charge is 0.234 e. The Morgan fingerprint density at radius 2 is 2.21 bits per heavy atom. The molecule has 0 aliphatic carbocycles. The highest BCUT2D eigenvalue weighted by molar-refractivity contribution is 7.16. The van der Waals surface area contributed by atoms with Gasteiger partial charge in [-0.3, -0.25) is 0 Å². The summed E-state index contributed by atoms with van der Waals surface area (Å²) in [6.07, 6.45) is 5.11. The van der Waals surface area contributed by atoms with E-state index in [1.54, 1.807) is 11.3 Å². The fourth-order valence-corrected chi connectivity index (χ4v) is 4.24. The highest BCUT2D eigenvalue weighted by Crippen LogP contribution is 2.31. The summed E-state index contributed by atoms with van der Waals surface area (Å²) in [5.41, 5.74) is 0. The van der Waals surface area contributed by atoms with E-state index in [1.807, 2.05) is 22.8 Å². The molecule has 0 radical (unpaired) electrons. The van der Waals surface area contributed by atoms with Crippen molar-refractivity contribution in [2.45, 2.75) is 39.0 Å². The first-order valence-electron chi connectivity index (χ1n) is 8.57. The molecule has 126 valence electrons. The van der Waals surface area contributed by atoms with E-state index in [0.29, 0.717) is 11.8 Å². The van der Waals surface area contributed by atoms with Gasteiger partial charge in [0.15, 0.2) is 5.82 Å². The van der Waals surface area contributed by atoms with Crippen molar-refractivity contribution >= 4 is 22.1 Å².